The molecule has 172 valence electrons. The number of hydrogen-bond donors (Lipinski definition) is 0. The zero-order valence-corrected chi connectivity index (χ0v) is 19.6. The molecule has 0 unspecified atom stereocenters. The maximum atomic E-state index is 12.8. The Morgan fingerprint density at radius 3 is 2.23 bits per heavy atom. The minimum Gasteiger partial charge on any atom is -0.378 e. The predicted molar refractivity (Wildman–Crippen MR) is 127 cm³/mol. The van der Waals surface area contributed by atoms with Gasteiger partial charge in [0.15, 0.2) is 5.78 Å². The molecule has 1 saturated carbocycles. The van der Waals surface area contributed by atoms with E-state index in [-0.39, 0.29) is 17.7 Å². The average molecular weight is 429 g/mol. The maximum absolute atomic E-state index is 12.8. The first kappa shape index (κ1) is 25.3. The molecule has 5 nitrogen and oxygen atoms in total. The normalized spacial score (nSPS) is 18.7. The fraction of sp³-hybridized carbons (Fsp3) is 0.615. The van der Waals surface area contributed by atoms with Crippen LogP contribution in [0, 0.1) is 0 Å². The molecule has 0 bridgehead atoms. The molecule has 0 aliphatic heterocycles. The van der Waals surface area contributed by atoms with Gasteiger partial charge in [-0.05, 0) is 71.2 Å². The summed E-state index contributed by atoms with van der Waals surface area (Å²) in [5.41, 5.74) is 1.28. The van der Waals surface area contributed by atoms with Crippen molar-refractivity contribution in [2.24, 2.45) is 0 Å². The summed E-state index contributed by atoms with van der Waals surface area (Å²) in [5, 5.41) is 0. The third-order valence-electron chi connectivity index (χ3n) is 6.28. The molecule has 1 aliphatic carbocycles. The molecule has 2 rings (SSSR count). The van der Waals surface area contributed by atoms with Crippen LogP contribution in [0.4, 0.5) is 0 Å². The van der Waals surface area contributed by atoms with Gasteiger partial charge in [-0.15, -0.1) is 6.58 Å². The van der Waals surface area contributed by atoms with Gasteiger partial charge in [-0.2, -0.15) is 0 Å². The molecule has 0 aromatic heterocycles. The van der Waals surface area contributed by atoms with Crippen LogP contribution in [-0.4, -0.2) is 67.4 Å². The van der Waals surface area contributed by atoms with Crippen LogP contribution in [-0.2, 0) is 4.74 Å². The first-order chi connectivity index (χ1) is 14.9. The number of ketones is 1. The van der Waals surface area contributed by atoms with Crippen molar-refractivity contribution in [3.8, 4) is 0 Å². The van der Waals surface area contributed by atoms with Crippen LogP contribution in [0.15, 0.2) is 36.9 Å². The smallest absolute Gasteiger partial charge is 0.253 e. The Morgan fingerprint density at radius 2 is 1.61 bits per heavy atom. The van der Waals surface area contributed by atoms with E-state index in [0.717, 1.165) is 51.8 Å². The fourth-order valence-corrected chi connectivity index (χ4v) is 4.22. The summed E-state index contributed by atoms with van der Waals surface area (Å²) >= 11 is 0. The van der Waals surface area contributed by atoms with Gasteiger partial charge in [-0.3, -0.25) is 9.59 Å². The van der Waals surface area contributed by atoms with Crippen molar-refractivity contribution in [3.05, 3.63) is 48.0 Å². The summed E-state index contributed by atoms with van der Waals surface area (Å²) in [6.07, 6.45) is 11.1. The van der Waals surface area contributed by atoms with Crippen LogP contribution >= 0.6 is 0 Å². The predicted octanol–water partition coefficient (Wildman–Crippen LogP) is 4.97. The molecule has 31 heavy (non-hydrogen) atoms. The molecule has 0 spiro atoms. The molecular weight excluding hydrogens is 388 g/mol. The van der Waals surface area contributed by atoms with E-state index >= 15 is 0 Å². The SMILES string of the molecule is C=CCN(C)CCCCCCO[C@H]1CC[C@H](N(C)C(=O)c2ccc(C(C)=O)cc2)CC1. The van der Waals surface area contributed by atoms with Crippen LogP contribution in [0.5, 0.6) is 0 Å². The summed E-state index contributed by atoms with van der Waals surface area (Å²) in [7, 11) is 4.02. The lowest BCUT2D eigenvalue weighted by atomic mass is 9.91. The Bertz CT molecular complexity index is 693. The molecule has 5 heteroatoms. The van der Waals surface area contributed by atoms with E-state index in [0.29, 0.717) is 17.2 Å². The molecule has 0 radical (unpaired) electrons. The molecule has 0 heterocycles. The summed E-state index contributed by atoms with van der Waals surface area (Å²) < 4.78 is 6.10. The number of hydrogen-bond acceptors (Lipinski definition) is 4. The summed E-state index contributed by atoms with van der Waals surface area (Å²) in [6, 6.07) is 7.22. The first-order valence-corrected chi connectivity index (χ1v) is 11.7. The van der Waals surface area contributed by atoms with E-state index < -0.39 is 0 Å². The molecular formula is C26H40N2O3. The number of benzene rings is 1. The van der Waals surface area contributed by atoms with E-state index in [9.17, 15) is 9.59 Å². The lowest BCUT2D eigenvalue weighted by Crippen LogP contribution is -2.40. The second-order valence-electron chi connectivity index (χ2n) is 8.82. The maximum Gasteiger partial charge on any atom is 0.253 e. The van der Waals surface area contributed by atoms with Gasteiger partial charge in [0.05, 0.1) is 6.10 Å². The molecule has 1 aromatic rings. The molecule has 1 fully saturated rings. The molecule has 0 atom stereocenters. The van der Waals surface area contributed by atoms with E-state index in [1.165, 1.54) is 26.2 Å². The van der Waals surface area contributed by atoms with Gasteiger partial charge in [0.25, 0.3) is 5.91 Å². The number of nitrogens with zero attached hydrogens (tertiary/aromatic N) is 2. The van der Waals surface area contributed by atoms with E-state index in [2.05, 4.69) is 18.5 Å². The van der Waals surface area contributed by atoms with Crippen LogP contribution in [0.25, 0.3) is 0 Å². The zero-order valence-electron chi connectivity index (χ0n) is 19.6. The minimum atomic E-state index is 0.0156. The summed E-state index contributed by atoms with van der Waals surface area (Å²) in [5.74, 6) is 0.0417. The first-order valence-electron chi connectivity index (χ1n) is 11.7. The van der Waals surface area contributed by atoms with Gasteiger partial charge >= 0.3 is 0 Å². The number of rotatable bonds is 13. The van der Waals surface area contributed by atoms with Gasteiger partial charge in [-0.25, -0.2) is 0 Å². The Kier molecular flexibility index (Phi) is 11.0. The molecule has 0 saturated heterocycles. The second-order valence-corrected chi connectivity index (χ2v) is 8.82. The van der Waals surface area contributed by atoms with Crippen molar-refractivity contribution in [1.82, 2.24) is 9.80 Å². The highest BCUT2D eigenvalue weighted by Crippen LogP contribution is 2.26. The van der Waals surface area contributed by atoms with Gasteiger partial charge in [-0.1, -0.05) is 31.1 Å². The Balaban J connectivity index is 1.61. The van der Waals surface area contributed by atoms with E-state index in [4.69, 9.17) is 4.74 Å². The van der Waals surface area contributed by atoms with Crippen molar-refractivity contribution in [3.63, 3.8) is 0 Å². The van der Waals surface area contributed by atoms with Crippen molar-refractivity contribution in [2.45, 2.75) is 70.4 Å². The Labute approximate surface area is 188 Å². The van der Waals surface area contributed by atoms with Crippen LogP contribution in [0.1, 0.15) is 79.0 Å². The quantitative estimate of drug-likeness (QED) is 0.253. The number of amides is 1. The number of carbonyl (C=O) groups excluding carboxylic acids is 2. The van der Waals surface area contributed by atoms with Crippen molar-refractivity contribution < 1.29 is 14.3 Å². The minimum absolute atomic E-state index is 0.0156. The summed E-state index contributed by atoms with van der Waals surface area (Å²) in [6.45, 7) is 8.23. The van der Waals surface area contributed by atoms with E-state index in [1.807, 2.05) is 18.0 Å². The summed E-state index contributed by atoms with van der Waals surface area (Å²) in [4.78, 5) is 28.4. The highest BCUT2D eigenvalue weighted by Gasteiger charge is 2.27. The van der Waals surface area contributed by atoms with Crippen molar-refractivity contribution >= 4 is 11.7 Å². The number of likely N-dealkylation sites (N-methyl/N-ethyl adjacent to an activating group) is 1. The van der Waals surface area contributed by atoms with Crippen molar-refractivity contribution in [2.75, 3.05) is 33.8 Å². The van der Waals surface area contributed by atoms with Gasteiger partial charge in [0.2, 0.25) is 0 Å². The number of Topliss-reactive ketones (excluding diaryl/α,β-unsaturated/α-hetero) is 1. The third-order valence-corrected chi connectivity index (χ3v) is 6.28. The topological polar surface area (TPSA) is 49.9 Å². The van der Waals surface area contributed by atoms with Gasteiger partial charge in [0, 0.05) is 37.4 Å². The second kappa shape index (κ2) is 13.4. The monoisotopic (exact) mass is 428 g/mol. The Hall–Kier alpha value is -1.98. The molecule has 1 aromatic carbocycles. The molecule has 1 aliphatic rings. The van der Waals surface area contributed by atoms with E-state index in [1.54, 1.807) is 24.3 Å². The van der Waals surface area contributed by atoms with Crippen molar-refractivity contribution in [1.29, 1.82) is 0 Å². The number of carbonyl (C=O) groups is 2. The van der Waals surface area contributed by atoms with Crippen LogP contribution in [0.3, 0.4) is 0 Å². The van der Waals surface area contributed by atoms with Gasteiger partial charge in [0.1, 0.15) is 0 Å². The largest absolute Gasteiger partial charge is 0.378 e. The van der Waals surface area contributed by atoms with Gasteiger partial charge < -0.3 is 14.5 Å². The number of ether oxygens (including phenoxy) is 1. The zero-order chi connectivity index (χ0) is 22.6. The standard InChI is InChI=1S/C26H40N2O3/c1-5-18-27(3)19-8-6-7-9-20-31-25-16-14-24(15-17-25)28(4)26(30)23-12-10-22(11-13-23)21(2)29/h5,10-13,24-25H,1,6-9,14-20H2,2-4H3/t24-,25-. The fourth-order valence-electron chi connectivity index (χ4n) is 4.22. The average Bonchev–Trinajstić information content (AvgIpc) is 2.78. The van der Waals surface area contributed by atoms with Crippen LogP contribution in [0.2, 0.25) is 0 Å². The Morgan fingerprint density at radius 1 is 1.00 bits per heavy atom. The highest BCUT2D eigenvalue weighted by atomic mass is 16.5. The van der Waals surface area contributed by atoms with Crippen LogP contribution < -0.4 is 0 Å². The lowest BCUT2D eigenvalue weighted by molar-refractivity contribution is 0.00908. The third kappa shape index (κ3) is 8.58. The lowest BCUT2D eigenvalue weighted by Gasteiger charge is -2.34. The molecule has 0 N–H and O–H groups in total. The number of unbranched alkanes of at least 4 members (excludes halogenated alkanes) is 3. The molecule has 1 amide bonds. The highest BCUT2D eigenvalue weighted by molar-refractivity contribution is 5.97.